The maximum Gasteiger partial charge on any atom is 0.123 e. The number of phenolic OH excluding ortho intramolecular Hbond substituents is 3. The highest BCUT2D eigenvalue weighted by atomic mass is 16.3. The van der Waals surface area contributed by atoms with E-state index in [1.165, 1.54) is 44.5 Å². The third-order valence-electron chi connectivity index (χ3n) is 12.2. The first-order valence-corrected chi connectivity index (χ1v) is 21.3. The third kappa shape index (κ3) is 9.61. The lowest BCUT2D eigenvalue weighted by molar-refractivity contribution is 0.421. The first kappa shape index (κ1) is 46.0. The smallest absolute Gasteiger partial charge is 0.123 e. The van der Waals surface area contributed by atoms with Crippen molar-refractivity contribution in [3.05, 3.63) is 120 Å². The second-order valence-corrected chi connectivity index (χ2v) is 23.4. The van der Waals surface area contributed by atoms with E-state index in [2.05, 4.69) is 182 Å². The number of hydrogen-bond acceptors (Lipinski definition) is 3. The van der Waals surface area contributed by atoms with Crippen molar-refractivity contribution in [2.24, 2.45) is 0 Å². The van der Waals surface area contributed by atoms with Gasteiger partial charge in [0, 0.05) is 5.56 Å². The molecule has 0 amide bonds. The van der Waals surface area contributed by atoms with Gasteiger partial charge < -0.3 is 15.3 Å². The summed E-state index contributed by atoms with van der Waals surface area (Å²) in [5, 5.41) is 35.2. The quantitative estimate of drug-likeness (QED) is 0.183. The predicted molar refractivity (Wildman–Crippen MR) is 246 cm³/mol. The van der Waals surface area contributed by atoms with E-state index >= 15 is 0 Å². The normalized spacial score (nSPS) is 13.4. The zero-order chi connectivity index (χ0) is 43.8. The van der Waals surface area contributed by atoms with Crippen LogP contribution in [0.4, 0.5) is 0 Å². The molecule has 3 N–H and O–H groups in total. The lowest BCUT2D eigenvalue weighted by atomic mass is 9.74. The molecule has 0 fully saturated rings. The summed E-state index contributed by atoms with van der Waals surface area (Å²) in [6.07, 6.45) is 2.18. The van der Waals surface area contributed by atoms with E-state index in [9.17, 15) is 15.3 Å². The van der Waals surface area contributed by atoms with Crippen molar-refractivity contribution in [2.45, 2.75) is 197 Å². The van der Waals surface area contributed by atoms with Crippen LogP contribution in [0.1, 0.15) is 208 Å². The van der Waals surface area contributed by atoms with E-state index in [-0.39, 0.29) is 32.5 Å². The molecule has 3 nitrogen and oxygen atoms in total. The molecule has 0 heterocycles. The average Bonchev–Trinajstić information content (AvgIpc) is 3.01. The van der Waals surface area contributed by atoms with Crippen LogP contribution in [0.15, 0.2) is 36.4 Å². The van der Waals surface area contributed by atoms with E-state index in [1.807, 2.05) is 0 Å². The second-order valence-electron chi connectivity index (χ2n) is 23.4. The molecule has 0 spiro atoms. The Kier molecular flexibility index (Phi) is 12.2. The molecule has 0 unspecified atom stereocenters. The van der Waals surface area contributed by atoms with Gasteiger partial charge in [-0.3, -0.25) is 0 Å². The molecule has 0 aliphatic heterocycles. The first-order valence-electron chi connectivity index (χ1n) is 21.3. The van der Waals surface area contributed by atoms with Crippen LogP contribution < -0.4 is 0 Å². The van der Waals surface area contributed by atoms with E-state index < -0.39 is 0 Å². The van der Waals surface area contributed by atoms with Gasteiger partial charge in [-0.1, -0.05) is 161 Å². The summed E-state index contributed by atoms with van der Waals surface area (Å²) >= 11 is 0. The number of phenols is 3. The average molecular weight is 775 g/mol. The Morgan fingerprint density at radius 1 is 0.351 bits per heavy atom. The molecule has 0 bridgehead atoms. The van der Waals surface area contributed by atoms with Gasteiger partial charge in [-0.2, -0.15) is 0 Å². The highest BCUT2D eigenvalue weighted by Crippen LogP contribution is 2.45. The minimum atomic E-state index is -0.268. The molecule has 0 aromatic heterocycles. The topological polar surface area (TPSA) is 60.7 Å². The SMILES string of the molecule is Cc1c(Cc2cc(C(C)(C)C)c(O)c(C(C)(C)C)c2)c(C)c(Cc2ccc(C(C)(C)C)c(O)c2C(C)(C)C)c(C)c1Cc1cc(C(C)(C)C)c(O)c(C(C)(C)C)c1. The van der Waals surface area contributed by atoms with Crippen molar-refractivity contribution in [1.29, 1.82) is 0 Å². The molecule has 0 saturated carbocycles. The van der Waals surface area contributed by atoms with E-state index in [1.54, 1.807) is 0 Å². The highest BCUT2D eigenvalue weighted by Gasteiger charge is 2.32. The minimum Gasteiger partial charge on any atom is -0.507 e. The summed E-state index contributed by atoms with van der Waals surface area (Å²) in [6.45, 7) is 46.2. The first-order chi connectivity index (χ1) is 25.6. The zero-order valence-electron chi connectivity index (χ0n) is 39.9. The molecule has 0 radical (unpaired) electrons. The van der Waals surface area contributed by atoms with Gasteiger partial charge in [0.2, 0.25) is 0 Å². The van der Waals surface area contributed by atoms with E-state index in [4.69, 9.17) is 0 Å². The molecule has 4 rings (SSSR count). The maximum absolute atomic E-state index is 12.0. The summed E-state index contributed by atoms with van der Waals surface area (Å²) in [4.78, 5) is 0. The summed E-state index contributed by atoms with van der Waals surface area (Å²) in [5.74, 6) is 1.22. The van der Waals surface area contributed by atoms with Gasteiger partial charge in [0.15, 0.2) is 0 Å². The van der Waals surface area contributed by atoms with Crippen LogP contribution in [0.25, 0.3) is 0 Å². The van der Waals surface area contributed by atoms with Gasteiger partial charge in [-0.05, 0) is 150 Å². The lowest BCUT2D eigenvalue weighted by Gasteiger charge is -2.31. The Morgan fingerprint density at radius 2 is 0.632 bits per heavy atom. The molecule has 0 atom stereocenters. The van der Waals surface area contributed by atoms with E-state index in [0.29, 0.717) is 23.7 Å². The summed E-state index contributed by atoms with van der Waals surface area (Å²) in [7, 11) is 0. The third-order valence-corrected chi connectivity index (χ3v) is 12.2. The van der Waals surface area contributed by atoms with Crippen LogP contribution in [-0.4, -0.2) is 15.3 Å². The molecule has 312 valence electrons. The Balaban J connectivity index is 2.11. The lowest BCUT2D eigenvalue weighted by Crippen LogP contribution is -2.20. The Morgan fingerprint density at radius 3 is 0.895 bits per heavy atom. The van der Waals surface area contributed by atoms with Gasteiger partial charge in [0.25, 0.3) is 0 Å². The second kappa shape index (κ2) is 15.1. The molecule has 4 aromatic carbocycles. The van der Waals surface area contributed by atoms with Crippen molar-refractivity contribution in [3.8, 4) is 17.2 Å². The van der Waals surface area contributed by atoms with Crippen molar-refractivity contribution in [2.75, 3.05) is 0 Å². The highest BCUT2D eigenvalue weighted by molar-refractivity contribution is 5.60. The molecular formula is C54H78O3. The molecule has 57 heavy (non-hydrogen) atoms. The van der Waals surface area contributed by atoms with Crippen molar-refractivity contribution in [3.63, 3.8) is 0 Å². The molecular weight excluding hydrogens is 697 g/mol. The summed E-state index contributed by atoms with van der Waals surface area (Å²) in [6, 6.07) is 13.3. The number of rotatable bonds is 6. The van der Waals surface area contributed by atoms with Gasteiger partial charge in [-0.25, -0.2) is 0 Å². The molecule has 3 heteroatoms. The van der Waals surface area contributed by atoms with Gasteiger partial charge >= 0.3 is 0 Å². The van der Waals surface area contributed by atoms with Gasteiger partial charge in [0.1, 0.15) is 17.2 Å². The fraction of sp³-hybridized carbons (Fsp3) is 0.556. The maximum atomic E-state index is 12.0. The zero-order valence-corrected chi connectivity index (χ0v) is 39.9. The number of benzene rings is 4. The largest absolute Gasteiger partial charge is 0.507 e. The Bertz CT molecular complexity index is 1970. The van der Waals surface area contributed by atoms with Crippen molar-refractivity contribution >= 4 is 0 Å². The Labute approximate surface area is 348 Å². The number of aromatic hydroxyl groups is 3. The fourth-order valence-corrected chi connectivity index (χ4v) is 8.89. The summed E-state index contributed by atoms with van der Waals surface area (Å²) < 4.78 is 0. The summed E-state index contributed by atoms with van der Waals surface area (Å²) in [5.41, 5.74) is 15.9. The monoisotopic (exact) mass is 775 g/mol. The van der Waals surface area contributed by atoms with Crippen molar-refractivity contribution < 1.29 is 15.3 Å². The van der Waals surface area contributed by atoms with Gasteiger partial charge in [-0.15, -0.1) is 0 Å². The van der Waals surface area contributed by atoms with E-state index in [0.717, 1.165) is 51.8 Å². The van der Waals surface area contributed by atoms with Crippen LogP contribution >= 0.6 is 0 Å². The molecule has 4 aromatic rings. The van der Waals surface area contributed by atoms with Gasteiger partial charge in [0.05, 0.1) is 0 Å². The van der Waals surface area contributed by atoms with Crippen LogP contribution in [0.2, 0.25) is 0 Å². The predicted octanol–water partition coefficient (Wildman–Crippen LogP) is 14.3. The molecule has 0 aliphatic carbocycles. The minimum absolute atomic E-state index is 0.192. The standard InChI is InChI=1S/C54H78O3/c1-31-37(24-34-26-41(50(7,8)9)46(55)42(27-34)51(10,11)12)32(2)39(30-36-22-23-40(49(4,5)6)48(57)45(36)54(19,20)21)33(3)38(31)25-35-28-43(52(13,14)15)47(56)44(29-35)53(16,17)18/h22-23,26-29,55-57H,24-25,30H2,1-21H3. The van der Waals surface area contributed by atoms with Crippen molar-refractivity contribution in [1.82, 2.24) is 0 Å². The van der Waals surface area contributed by atoms with Crippen LogP contribution in [0.3, 0.4) is 0 Å². The van der Waals surface area contributed by atoms with Crippen LogP contribution in [0, 0.1) is 20.8 Å². The Hall–Kier alpha value is -3.72. The number of hydrogen-bond donors (Lipinski definition) is 3. The van der Waals surface area contributed by atoms with Crippen LogP contribution in [0.5, 0.6) is 17.2 Å². The fourth-order valence-electron chi connectivity index (χ4n) is 8.89. The van der Waals surface area contributed by atoms with Crippen LogP contribution in [-0.2, 0) is 51.8 Å². The molecule has 0 aliphatic rings. The molecule has 0 saturated heterocycles.